The Morgan fingerprint density at radius 1 is 1.11 bits per heavy atom. The van der Waals surface area contributed by atoms with Gasteiger partial charge < -0.3 is 9.64 Å². The van der Waals surface area contributed by atoms with E-state index in [2.05, 4.69) is 25.7 Å². The van der Waals surface area contributed by atoms with Crippen molar-refractivity contribution in [3.05, 3.63) is 53.2 Å². The second-order valence-corrected chi connectivity index (χ2v) is 13.3. The number of piperidine rings is 1. The van der Waals surface area contributed by atoms with Crippen molar-refractivity contribution in [1.82, 2.24) is 19.9 Å². The lowest BCUT2D eigenvalue weighted by molar-refractivity contribution is 0.107. The first-order valence-electron chi connectivity index (χ1n) is 15.6. The quantitative estimate of drug-likeness (QED) is 0.242. The normalized spacial score (nSPS) is 26.4. The van der Waals surface area contributed by atoms with Gasteiger partial charge in [-0.05, 0) is 80.5 Å². The molecule has 4 fully saturated rings. The molecule has 1 saturated carbocycles. The maximum absolute atomic E-state index is 16.8. The Kier molecular flexibility index (Phi) is 6.49. The molecule has 6 nitrogen and oxygen atoms in total. The highest BCUT2D eigenvalue weighted by Crippen LogP contribution is 2.43. The zero-order chi connectivity index (χ0) is 30.2. The number of terminal acetylenes is 1. The first kappa shape index (κ1) is 27.6. The first-order chi connectivity index (χ1) is 21.3. The van der Waals surface area contributed by atoms with E-state index in [1.54, 1.807) is 18.3 Å². The van der Waals surface area contributed by atoms with Crippen LogP contribution >= 0.6 is 0 Å². The van der Waals surface area contributed by atoms with Crippen molar-refractivity contribution < 1.29 is 17.9 Å². The Labute approximate surface area is 254 Å². The lowest BCUT2D eigenvalue weighted by Gasteiger charge is -2.34. The Balaban J connectivity index is 1.28. The molecule has 9 heteroatoms. The lowest BCUT2D eigenvalue weighted by Crippen LogP contribution is -2.43. The Morgan fingerprint density at radius 2 is 1.93 bits per heavy atom. The minimum absolute atomic E-state index is 0.0410. The number of benzene rings is 2. The van der Waals surface area contributed by atoms with Gasteiger partial charge in [0.1, 0.15) is 35.6 Å². The van der Waals surface area contributed by atoms with Gasteiger partial charge in [0.15, 0.2) is 5.82 Å². The second kappa shape index (κ2) is 10.3. The average molecular weight is 598 g/mol. The fourth-order valence-corrected chi connectivity index (χ4v) is 8.46. The van der Waals surface area contributed by atoms with Gasteiger partial charge in [0.2, 0.25) is 0 Å². The highest BCUT2D eigenvalue weighted by Gasteiger charge is 2.49. The smallest absolute Gasteiger partial charge is 0.319 e. The Hall–Kier alpha value is -3.90. The standard InChI is InChI=1S/C35H34F3N5O/c1-3-25-28(37)8-7-23-11-20(2)12-26(29(23)25)31-30(38)32-27(15-39-31)33(42-16-21-5-6-22(13-21)17-42)41-34(40-32)44-19-35-9-4-10-43(35)18-24(36)14-35/h1,7-8,11-12,15,21-22,24H,4-6,9-10,13-14,16-19H2,2H3/t21?,22?,24-,35+/m1/s1. The predicted octanol–water partition coefficient (Wildman–Crippen LogP) is 6.60. The molecule has 5 heterocycles. The van der Waals surface area contributed by atoms with Crippen LogP contribution in [0, 0.1) is 42.7 Å². The summed E-state index contributed by atoms with van der Waals surface area (Å²) in [6.45, 7) is 5.07. The van der Waals surface area contributed by atoms with Gasteiger partial charge in [-0.25, -0.2) is 13.2 Å². The summed E-state index contributed by atoms with van der Waals surface area (Å²) in [5.41, 5.74) is 1.09. The molecule has 1 aliphatic carbocycles. The number of aromatic nitrogens is 3. The molecule has 2 bridgehead atoms. The summed E-state index contributed by atoms with van der Waals surface area (Å²) in [7, 11) is 0. The highest BCUT2D eigenvalue weighted by molar-refractivity contribution is 6.02. The molecule has 2 unspecified atom stereocenters. The van der Waals surface area contributed by atoms with E-state index in [9.17, 15) is 8.78 Å². The van der Waals surface area contributed by atoms with Gasteiger partial charge in [-0.1, -0.05) is 18.1 Å². The molecule has 0 radical (unpaired) electrons. The summed E-state index contributed by atoms with van der Waals surface area (Å²) < 4.78 is 52.4. The average Bonchev–Trinajstić information content (AvgIpc) is 3.66. The van der Waals surface area contributed by atoms with Crippen molar-refractivity contribution in [1.29, 1.82) is 0 Å². The van der Waals surface area contributed by atoms with E-state index in [-0.39, 0.29) is 34.9 Å². The zero-order valence-corrected chi connectivity index (χ0v) is 24.8. The van der Waals surface area contributed by atoms with Crippen LogP contribution in [0.1, 0.15) is 49.7 Å². The SMILES string of the molecule is C#Cc1c(F)ccc2cc(C)cc(-c3ncc4c(N5CC6CCC(C6)C5)nc(OC[C@@]56CCCN5C[C@H](F)C6)nc4c3F)c12. The maximum Gasteiger partial charge on any atom is 0.319 e. The molecular formula is C35H34F3N5O. The minimum Gasteiger partial charge on any atom is -0.461 e. The van der Waals surface area contributed by atoms with Gasteiger partial charge in [-0.15, -0.1) is 6.42 Å². The largest absolute Gasteiger partial charge is 0.461 e. The van der Waals surface area contributed by atoms with Gasteiger partial charge in [-0.2, -0.15) is 9.97 Å². The minimum atomic E-state index is -0.885. The van der Waals surface area contributed by atoms with Crippen molar-refractivity contribution >= 4 is 27.5 Å². The summed E-state index contributed by atoms with van der Waals surface area (Å²) in [5, 5.41) is 1.64. The number of nitrogens with zero attached hydrogens (tertiary/aromatic N) is 5. The van der Waals surface area contributed by atoms with Crippen LogP contribution in [0.5, 0.6) is 6.01 Å². The van der Waals surface area contributed by atoms with Gasteiger partial charge in [-0.3, -0.25) is 9.88 Å². The third-order valence-electron chi connectivity index (χ3n) is 10.4. The number of ether oxygens (including phenoxy) is 1. The number of aryl methyl sites for hydroxylation is 1. The molecule has 3 aliphatic heterocycles. The van der Waals surface area contributed by atoms with E-state index in [1.165, 1.54) is 25.3 Å². The number of hydrogen-bond donors (Lipinski definition) is 0. The van der Waals surface area contributed by atoms with Gasteiger partial charge in [0.05, 0.1) is 16.5 Å². The predicted molar refractivity (Wildman–Crippen MR) is 164 cm³/mol. The van der Waals surface area contributed by atoms with E-state index in [0.717, 1.165) is 38.0 Å². The molecule has 4 aromatic rings. The Bertz CT molecular complexity index is 1840. The fourth-order valence-electron chi connectivity index (χ4n) is 8.46. The van der Waals surface area contributed by atoms with Crippen molar-refractivity contribution in [3.63, 3.8) is 0 Å². The maximum atomic E-state index is 16.8. The highest BCUT2D eigenvalue weighted by atomic mass is 19.1. The van der Waals surface area contributed by atoms with Crippen LogP contribution in [0.25, 0.3) is 32.9 Å². The van der Waals surface area contributed by atoms with E-state index >= 15 is 4.39 Å². The van der Waals surface area contributed by atoms with Crippen LogP contribution in [0.15, 0.2) is 30.5 Å². The van der Waals surface area contributed by atoms with Gasteiger partial charge in [0.25, 0.3) is 0 Å². The van der Waals surface area contributed by atoms with Crippen LogP contribution in [0.3, 0.4) is 0 Å². The number of hydrogen-bond acceptors (Lipinski definition) is 6. The summed E-state index contributed by atoms with van der Waals surface area (Å²) in [5.74, 6) is 3.02. The second-order valence-electron chi connectivity index (χ2n) is 13.3. The summed E-state index contributed by atoms with van der Waals surface area (Å²) in [4.78, 5) is 18.5. The van der Waals surface area contributed by atoms with E-state index < -0.39 is 17.8 Å². The van der Waals surface area contributed by atoms with Crippen LogP contribution in [-0.2, 0) is 0 Å². The molecule has 2 aromatic carbocycles. The fraction of sp³-hybridized carbons (Fsp3) is 0.457. The van der Waals surface area contributed by atoms with Gasteiger partial charge in [0, 0.05) is 43.2 Å². The monoisotopic (exact) mass is 597 g/mol. The van der Waals surface area contributed by atoms with E-state index in [1.807, 2.05) is 13.0 Å². The molecule has 226 valence electrons. The third kappa shape index (κ3) is 4.41. The van der Waals surface area contributed by atoms with E-state index in [4.69, 9.17) is 16.1 Å². The van der Waals surface area contributed by atoms with Crippen molar-refractivity contribution in [2.75, 3.05) is 37.7 Å². The summed E-state index contributed by atoms with van der Waals surface area (Å²) >= 11 is 0. The zero-order valence-electron chi connectivity index (χ0n) is 24.8. The number of rotatable bonds is 5. The van der Waals surface area contributed by atoms with Crippen LogP contribution < -0.4 is 9.64 Å². The van der Waals surface area contributed by atoms with Crippen molar-refractivity contribution in [3.8, 4) is 29.6 Å². The molecule has 0 amide bonds. The molecule has 4 aliphatic rings. The number of pyridine rings is 1. The molecule has 0 spiro atoms. The molecule has 8 rings (SSSR count). The van der Waals surface area contributed by atoms with Crippen LogP contribution in [0.4, 0.5) is 19.0 Å². The first-order valence-corrected chi connectivity index (χ1v) is 15.6. The molecule has 0 N–H and O–H groups in total. The molecule has 44 heavy (non-hydrogen) atoms. The summed E-state index contributed by atoms with van der Waals surface area (Å²) in [6.07, 6.45) is 12.3. The summed E-state index contributed by atoms with van der Waals surface area (Å²) in [6, 6.07) is 6.73. The molecule has 4 atom stereocenters. The molecule has 3 saturated heterocycles. The Morgan fingerprint density at radius 3 is 2.73 bits per heavy atom. The number of halogens is 3. The van der Waals surface area contributed by atoms with E-state index in [0.29, 0.717) is 52.3 Å². The molecular weight excluding hydrogens is 563 g/mol. The topological polar surface area (TPSA) is 54.4 Å². The van der Waals surface area contributed by atoms with Gasteiger partial charge >= 0.3 is 6.01 Å². The third-order valence-corrected chi connectivity index (χ3v) is 10.4. The van der Waals surface area contributed by atoms with Crippen molar-refractivity contribution in [2.45, 2.75) is 57.2 Å². The number of alkyl halides is 1. The van der Waals surface area contributed by atoms with Crippen LogP contribution in [-0.4, -0.2) is 64.3 Å². The van der Waals surface area contributed by atoms with Crippen molar-refractivity contribution in [2.24, 2.45) is 11.8 Å². The molecule has 2 aromatic heterocycles. The van der Waals surface area contributed by atoms with Crippen LogP contribution in [0.2, 0.25) is 0 Å². The lowest BCUT2D eigenvalue weighted by atomic mass is 9.94. The number of anilines is 1. The number of fused-ring (bicyclic) bond motifs is 5.